The highest BCUT2D eigenvalue weighted by Gasteiger charge is 2.23. The highest BCUT2D eigenvalue weighted by Crippen LogP contribution is 2.47. The second kappa shape index (κ2) is 22.0. The van der Waals surface area contributed by atoms with E-state index < -0.39 is 0 Å². The van der Waals surface area contributed by atoms with Crippen LogP contribution in [0.2, 0.25) is 0 Å². The number of aromatic nitrogens is 2. The van der Waals surface area contributed by atoms with Gasteiger partial charge < -0.3 is 14.7 Å². The van der Waals surface area contributed by atoms with E-state index in [2.05, 4.69) is 311 Å². The SMILES string of the molecule is c1ccc(N(c2ccccc2)c2ccc(C(=C(c3cccs3)c3ccc(-c4ccc(-c5ccc(N(c6ccccc6)c6ccccc6)cc5)c5nsnc45)s3)c3ccc(N(c4ccccc4)c4ccccc4)cc3)cc2)cc1. The van der Waals surface area contributed by atoms with Crippen LogP contribution >= 0.6 is 34.4 Å². The van der Waals surface area contributed by atoms with Crippen molar-refractivity contribution < 1.29 is 0 Å². The molecule has 0 N–H and O–H groups in total. The topological polar surface area (TPSA) is 35.5 Å². The van der Waals surface area contributed by atoms with E-state index in [0.29, 0.717) is 0 Å². The van der Waals surface area contributed by atoms with Gasteiger partial charge in [-0.05, 0) is 155 Å². The first-order chi connectivity index (χ1) is 38.7. The van der Waals surface area contributed by atoms with Gasteiger partial charge >= 0.3 is 0 Å². The van der Waals surface area contributed by atoms with Crippen molar-refractivity contribution in [2.24, 2.45) is 0 Å². The average molecular weight is 1060 g/mol. The number of hydrogen-bond acceptors (Lipinski definition) is 8. The molecule has 10 aromatic carbocycles. The smallest absolute Gasteiger partial charge is 0.114 e. The number of thiophene rings is 2. The molecule has 8 heteroatoms. The molecule has 78 heavy (non-hydrogen) atoms. The number of anilines is 9. The second-order valence-corrected chi connectivity index (χ2v) is 21.2. The third-order valence-corrected chi connectivity index (χ3v) is 16.5. The molecule has 0 saturated heterocycles. The summed E-state index contributed by atoms with van der Waals surface area (Å²) in [5.41, 5.74) is 19.4. The summed E-state index contributed by atoms with van der Waals surface area (Å²) in [5, 5.41) is 2.18. The van der Waals surface area contributed by atoms with Gasteiger partial charge in [-0.25, -0.2) is 0 Å². The van der Waals surface area contributed by atoms with Crippen LogP contribution in [0, 0.1) is 0 Å². The maximum Gasteiger partial charge on any atom is 0.114 e. The molecule has 372 valence electrons. The lowest BCUT2D eigenvalue weighted by atomic mass is 9.91. The molecule has 0 amide bonds. The van der Waals surface area contributed by atoms with E-state index in [1.54, 1.807) is 22.7 Å². The Labute approximate surface area is 467 Å². The van der Waals surface area contributed by atoms with Crippen molar-refractivity contribution in [2.45, 2.75) is 0 Å². The Kier molecular flexibility index (Phi) is 13.6. The lowest BCUT2D eigenvalue weighted by molar-refractivity contribution is 1.28. The number of fused-ring (bicyclic) bond motifs is 1. The Morgan fingerprint density at radius 2 is 0.641 bits per heavy atom. The summed E-state index contributed by atoms with van der Waals surface area (Å²) in [7, 11) is 0. The van der Waals surface area contributed by atoms with Gasteiger partial charge in [0.1, 0.15) is 11.0 Å². The standard InChI is InChI=1S/C70H49N5S3/c1-7-20-53(21-8-1)73(54-22-9-2-10-23-54)59-39-33-50(34-40-59)62-45-46-63(70-69(62)71-78-72-70)64-47-48-66(77-64)68(65-32-19-49-76-65)67(51-35-41-60(42-36-51)74(55-24-11-3-12-25-55)56-26-13-4-14-27-56)52-37-43-61(44-38-52)75(57-28-15-5-16-29-57)58-30-17-6-18-31-58/h1-49H. The van der Waals surface area contributed by atoms with Crippen LogP contribution in [0.15, 0.2) is 297 Å². The van der Waals surface area contributed by atoms with Crippen LogP contribution in [-0.4, -0.2) is 8.75 Å². The summed E-state index contributed by atoms with van der Waals surface area (Å²) in [6.45, 7) is 0. The molecular formula is C70H49N5S3. The third-order valence-electron chi connectivity index (χ3n) is 13.9. The summed E-state index contributed by atoms with van der Waals surface area (Å²) in [5.74, 6) is 0. The van der Waals surface area contributed by atoms with Crippen LogP contribution in [0.3, 0.4) is 0 Å². The van der Waals surface area contributed by atoms with E-state index in [1.165, 1.54) is 27.1 Å². The van der Waals surface area contributed by atoms with Crippen LogP contribution in [0.4, 0.5) is 51.2 Å². The fraction of sp³-hybridized carbons (Fsp3) is 0. The summed E-state index contributed by atoms with van der Waals surface area (Å²) < 4.78 is 9.93. The minimum absolute atomic E-state index is 0.901. The molecule has 0 aliphatic rings. The summed E-state index contributed by atoms with van der Waals surface area (Å²) in [6.07, 6.45) is 0. The third kappa shape index (κ3) is 9.72. The van der Waals surface area contributed by atoms with Crippen molar-refractivity contribution in [3.63, 3.8) is 0 Å². The predicted octanol–water partition coefficient (Wildman–Crippen LogP) is 20.6. The van der Waals surface area contributed by atoms with E-state index in [4.69, 9.17) is 8.75 Å². The van der Waals surface area contributed by atoms with E-state index in [-0.39, 0.29) is 0 Å². The Morgan fingerprint density at radius 3 is 1.03 bits per heavy atom. The molecule has 0 radical (unpaired) electrons. The Hall–Kier alpha value is -9.44. The Bertz CT molecular complexity index is 3850. The number of para-hydroxylation sites is 6. The van der Waals surface area contributed by atoms with Gasteiger partial charge in [-0.1, -0.05) is 164 Å². The van der Waals surface area contributed by atoms with Crippen LogP contribution in [0.25, 0.3) is 43.7 Å². The molecule has 0 spiro atoms. The van der Waals surface area contributed by atoms with Crippen molar-refractivity contribution in [1.29, 1.82) is 0 Å². The molecule has 0 aliphatic heterocycles. The van der Waals surface area contributed by atoms with Crippen molar-refractivity contribution in [3.05, 3.63) is 317 Å². The second-order valence-electron chi connectivity index (χ2n) is 18.7. The summed E-state index contributed by atoms with van der Waals surface area (Å²) in [6, 6.07) is 104. The van der Waals surface area contributed by atoms with Crippen LogP contribution in [0.1, 0.15) is 20.9 Å². The zero-order valence-corrected chi connectivity index (χ0v) is 44.7. The van der Waals surface area contributed by atoms with Gasteiger partial charge in [0.15, 0.2) is 0 Å². The van der Waals surface area contributed by atoms with Crippen LogP contribution in [-0.2, 0) is 0 Å². The molecule has 3 heterocycles. The van der Waals surface area contributed by atoms with Crippen molar-refractivity contribution >= 4 is 108 Å². The molecule has 13 aromatic rings. The molecule has 0 saturated carbocycles. The van der Waals surface area contributed by atoms with Crippen molar-refractivity contribution in [1.82, 2.24) is 8.75 Å². The molecule has 0 fully saturated rings. The number of rotatable bonds is 15. The minimum Gasteiger partial charge on any atom is -0.311 e. The minimum atomic E-state index is 0.901. The quantitative estimate of drug-likeness (QED) is 0.102. The summed E-state index contributed by atoms with van der Waals surface area (Å²) in [4.78, 5) is 10.4. The highest BCUT2D eigenvalue weighted by molar-refractivity contribution is 7.17. The van der Waals surface area contributed by atoms with Gasteiger partial charge in [0.2, 0.25) is 0 Å². The van der Waals surface area contributed by atoms with E-state index >= 15 is 0 Å². The van der Waals surface area contributed by atoms with E-state index in [0.717, 1.165) is 100 Å². The monoisotopic (exact) mass is 1060 g/mol. The molecule has 3 aromatic heterocycles. The van der Waals surface area contributed by atoms with Gasteiger partial charge in [0.25, 0.3) is 0 Å². The molecule has 13 rings (SSSR count). The van der Waals surface area contributed by atoms with Gasteiger partial charge in [0, 0.05) is 82.5 Å². The molecular weight excluding hydrogens is 1010 g/mol. The van der Waals surface area contributed by atoms with Gasteiger partial charge in [-0.15, -0.1) is 22.7 Å². The van der Waals surface area contributed by atoms with Crippen LogP contribution < -0.4 is 14.7 Å². The first-order valence-corrected chi connectivity index (χ1v) is 28.3. The fourth-order valence-corrected chi connectivity index (χ4v) is 12.8. The molecule has 0 bridgehead atoms. The molecule has 0 aliphatic carbocycles. The van der Waals surface area contributed by atoms with Gasteiger partial charge in [-0.2, -0.15) is 8.75 Å². The molecule has 5 nitrogen and oxygen atoms in total. The highest BCUT2D eigenvalue weighted by atomic mass is 32.1. The maximum absolute atomic E-state index is 4.98. The predicted molar refractivity (Wildman–Crippen MR) is 332 cm³/mol. The lowest BCUT2D eigenvalue weighted by Gasteiger charge is -2.26. The lowest BCUT2D eigenvalue weighted by Crippen LogP contribution is -2.10. The van der Waals surface area contributed by atoms with Gasteiger partial charge in [-0.3, -0.25) is 0 Å². The van der Waals surface area contributed by atoms with Crippen LogP contribution in [0.5, 0.6) is 0 Å². The summed E-state index contributed by atoms with van der Waals surface area (Å²) >= 11 is 4.83. The van der Waals surface area contributed by atoms with E-state index in [1.807, 2.05) is 0 Å². The average Bonchev–Trinajstić information content (AvgIpc) is 4.41. The number of hydrogen-bond donors (Lipinski definition) is 0. The number of nitrogens with zero attached hydrogens (tertiary/aromatic N) is 5. The molecule has 0 atom stereocenters. The van der Waals surface area contributed by atoms with E-state index in [9.17, 15) is 0 Å². The van der Waals surface area contributed by atoms with Crippen molar-refractivity contribution in [2.75, 3.05) is 14.7 Å². The number of benzene rings is 10. The zero-order chi connectivity index (χ0) is 52.0. The maximum atomic E-state index is 4.98. The zero-order valence-electron chi connectivity index (χ0n) is 42.3. The first kappa shape index (κ1) is 48.2. The normalized spacial score (nSPS) is 11.1. The Balaban J connectivity index is 0.916. The fourth-order valence-electron chi connectivity index (χ4n) is 10.3. The molecule has 0 unspecified atom stereocenters. The van der Waals surface area contributed by atoms with Gasteiger partial charge in [0.05, 0.1) is 11.7 Å². The van der Waals surface area contributed by atoms with Crippen molar-refractivity contribution in [3.8, 4) is 21.6 Å². The Morgan fingerprint density at radius 1 is 0.282 bits per heavy atom. The largest absolute Gasteiger partial charge is 0.311 e. The first-order valence-electron chi connectivity index (χ1n) is 25.9.